The molecule has 0 bridgehead atoms. The number of likely N-dealkylation sites (tertiary alicyclic amines) is 2. The lowest BCUT2D eigenvalue weighted by molar-refractivity contribution is 0.112. The number of nitrogens with two attached hydrogens (primary N) is 1. The fourth-order valence-corrected chi connectivity index (χ4v) is 8.26. The summed E-state index contributed by atoms with van der Waals surface area (Å²) in [4.78, 5) is 28.5. The maximum absolute atomic E-state index is 17.1. The molecule has 2 saturated heterocycles. The third-order valence-corrected chi connectivity index (χ3v) is 10.7. The van der Waals surface area contributed by atoms with Crippen LogP contribution < -0.4 is 25.4 Å². The molecule has 4 aromatic rings. The van der Waals surface area contributed by atoms with Crippen LogP contribution >= 0.6 is 11.3 Å². The van der Waals surface area contributed by atoms with Crippen molar-refractivity contribution in [3.05, 3.63) is 35.4 Å². The number of rotatable bonds is 6. The van der Waals surface area contributed by atoms with Gasteiger partial charge in [-0.2, -0.15) is 15.2 Å². The number of amides is 2. The molecule has 3 atom stereocenters. The highest BCUT2D eigenvalue weighted by Crippen LogP contribution is 2.46. The Kier molecular flexibility index (Phi) is 8.37. The van der Waals surface area contributed by atoms with Crippen molar-refractivity contribution in [3.63, 3.8) is 0 Å². The van der Waals surface area contributed by atoms with Crippen LogP contribution in [0, 0.1) is 23.0 Å². The van der Waals surface area contributed by atoms with Crippen LogP contribution in [0.3, 0.4) is 0 Å². The first-order chi connectivity index (χ1) is 23.0. The standard InChI is InChI=1S/C34H38F2N8O3S/c1-17(2)39-34(45)43-11-9-19(16-43)44-12-13-46-25-14-21(20-7-8-23(35)30-26(20)22(15-37)31(38)48-30)28(36)29-27(25)32(44)41-33(40-29)47-18(3)24-6-5-10-42(24)4/h7-8,14,17-19,24H,5-6,9-13,16,38H2,1-4H3,(H,39,45)/t18-,19?,24-/m0/s1. The first kappa shape index (κ1) is 32.1. The number of benzene rings is 2. The van der Waals surface area contributed by atoms with Crippen LogP contribution in [0.5, 0.6) is 11.8 Å². The third-order valence-electron chi connectivity index (χ3n) is 9.63. The normalized spacial score (nSPS) is 20.3. The van der Waals surface area contributed by atoms with Crippen LogP contribution in [0.25, 0.3) is 32.1 Å². The zero-order valence-corrected chi connectivity index (χ0v) is 28.2. The predicted molar refractivity (Wildman–Crippen MR) is 182 cm³/mol. The summed E-state index contributed by atoms with van der Waals surface area (Å²) in [5.74, 6) is -0.389. The smallest absolute Gasteiger partial charge is 0.319 e. The van der Waals surface area contributed by atoms with Crippen LogP contribution in [0.2, 0.25) is 0 Å². The summed E-state index contributed by atoms with van der Waals surface area (Å²) in [5.41, 5.74) is 6.60. The van der Waals surface area contributed by atoms with Gasteiger partial charge in [0.15, 0.2) is 5.82 Å². The van der Waals surface area contributed by atoms with Crippen molar-refractivity contribution >= 4 is 49.2 Å². The number of aromatic nitrogens is 2. The summed E-state index contributed by atoms with van der Waals surface area (Å²) in [6.45, 7) is 8.50. The van der Waals surface area contributed by atoms with Crippen LogP contribution in [0.4, 0.5) is 24.4 Å². The summed E-state index contributed by atoms with van der Waals surface area (Å²) < 4.78 is 44.8. The van der Waals surface area contributed by atoms with E-state index < -0.39 is 11.6 Å². The van der Waals surface area contributed by atoms with Crippen LogP contribution in [-0.4, -0.2) is 89.9 Å². The van der Waals surface area contributed by atoms with Crippen molar-refractivity contribution in [1.29, 1.82) is 5.26 Å². The number of nitrogens with zero attached hydrogens (tertiary/aromatic N) is 6. The van der Waals surface area contributed by atoms with Crippen molar-refractivity contribution in [1.82, 2.24) is 25.1 Å². The summed E-state index contributed by atoms with van der Waals surface area (Å²) in [6.07, 6.45) is 2.44. The van der Waals surface area contributed by atoms with Crippen molar-refractivity contribution in [2.24, 2.45) is 0 Å². The van der Waals surface area contributed by atoms with Crippen LogP contribution in [-0.2, 0) is 0 Å². The maximum Gasteiger partial charge on any atom is 0.319 e. The van der Waals surface area contributed by atoms with Crippen LogP contribution in [0.15, 0.2) is 18.2 Å². The zero-order chi connectivity index (χ0) is 33.9. The summed E-state index contributed by atoms with van der Waals surface area (Å²) in [6, 6.07) is 6.31. The minimum atomic E-state index is -0.677. The molecule has 7 rings (SSSR count). The Morgan fingerprint density at radius 1 is 1.17 bits per heavy atom. The SMILES string of the molecule is CC(C)NC(=O)N1CCC(N2CCOc3cc(-c4ccc(F)c5sc(N)c(C#N)c45)c(F)c4nc(O[C@@H](C)[C@@H]5CCCN5C)nc2c34)C1. The van der Waals surface area contributed by atoms with Gasteiger partial charge >= 0.3 is 12.0 Å². The Labute approximate surface area is 281 Å². The number of halogens is 2. The zero-order valence-electron chi connectivity index (χ0n) is 27.3. The lowest BCUT2D eigenvalue weighted by Crippen LogP contribution is -2.45. The van der Waals surface area contributed by atoms with Crippen molar-refractivity contribution < 1.29 is 23.0 Å². The number of thiophene rings is 1. The molecule has 11 nitrogen and oxygen atoms in total. The number of hydrogen-bond donors (Lipinski definition) is 2. The number of fused-ring (bicyclic) bond motifs is 1. The first-order valence-electron chi connectivity index (χ1n) is 16.3. The highest BCUT2D eigenvalue weighted by atomic mass is 32.1. The third kappa shape index (κ3) is 5.48. The number of hydrogen-bond acceptors (Lipinski definition) is 10. The molecule has 2 fully saturated rings. The lowest BCUT2D eigenvalue weighted by Gasteiger charge is -2.30. The number of urea groups is 1. The Morgan fingerprint density at radius 3 is 2.71 bits per heavy atom. The molecule has 252 valence electrons. The van der Waals surface area contributed by atoms with E-state index in [0.717, 1.165) is 30.7 Å². The molecule has 0 radical (unpaired) electrons. The summed E-state index contributed by atoms with van der Waals surface area (Å²) in [7, 11) is 2.06. The number of nitrogen functional groups attached to an aromatic ring is 1. The number of anilines is 2. The monoisotopic (exact) mass is 676 g/mol. The quantitative estimate of drug-likeness (QED) is 0.272. The largest absolute Gasteiger partial charge is 0.491 e. The fourth-order valence-electron chi connectivity index (χ4n) is 7.31. The van der Waals surface area contributed by atoms with Crippen molar-refractivity contribution in [3.8, 4) is 29.0 Å². The molecule has 3 aliphatic heterocycles. The van der Waals surface area contributed by atoms with Gasteiger partial charge in [0.25, 0.3) is 0 Å². The average Bonchev–Trinajstić information content (AvgIpc) is 3.76. The second-order valence-electron chi connectivity index (χ2n) is 13.1. The van der Waals surface area contributed by atoms with Gasteiger partial charge in [0, 0.05) is 42.2 Å². The molecule has 3 N–H and O–H groups in total. The van der Waals surface area contributed by atoms with Gasteiger partial charge in [0.05, 0.1) is 22.2 Å². The van der Waals surface area contributed by atoms with E-state index in [4.69, 9.17) is 20.2 Å². The topological polar surface area (TPSA) is 133 Å². The van der Waals surface area contributed by atoms with Crippen LogP contribution in [0.1, 0.15) is 45.6 Å². The minimum absolute atomic E-state index is 0.00591. The number of likely N-dealkylation sites (N-methyl/N-ethyl adjacent to an activating group) is 1. The van der Waals surface area contributed by atoms with Gasteiger partial charge in [0.2, 0.25) is 0 Å². The molecule has 0 spiro atoms. The van der Waals surface area contributed by atoms with Gasteiger partial charge < -0.3 is 30.3 Å². The van der Waals surface area contributed by atoms with Crippen molar-refractivity contribution in [2.75, 3.05) is 50.5 Å². The minimum Gasteiger partial charge on any atom is -0.491 e. The molecule has 5 heterocycles. The van der Waals surface area contributed by atoms with E-state index >= 15 is 4.39 Å². The van der Waals surface area contributed by atoms with E-state index in [1.807, 2.05) is 20.8 Å². The second kappa shape index (κ2) is 12.5. The van der Waals surface area contributed by atoms with E-state index in [2.05, 4.69) is 33.2 Å². The molecule has 14 heteroatoms. The summed E-state index contributed by atoms with van der Waals surface area (Å²) >= 11 is 0.954. The van der Waals surface area contributed by atoms with Gasteiger partial charge in [-0.1, -0.05) is 6.07 Å². The molecule has 48 heavy (non-hydrogen) atoms. The molecule has 0 saturated carbocycles. The highest BCUT2D eigenvalue weighted by Gasteiger charge is 2.36. The second-order valence-corrected chi connectivity index (χ2v) is 14.1. The highest BCUT2D eigenvalue weighted by molar-refractivity contribution is 7.23. The number of nitriles is 1. The Morgan fingerprint density at radius 2 is 1.98 bits per heavy atom. The van der Waals surface area contributed by atoms with E-state index in [-0.39, 0.29) is 74.6 Å². The van der Waals surface area contributed by atoms with Gasteiger partial charge in [-0.3, -0.25) is 4.90 Å². The number of ether oxygens (including phenoxy) is 2. The number of carbonyl (C=O) groups is 1. The van der Waals surface area contributed by atoms with E-state index in [1.54, 1.807) is 11.0 Å². The Bertz CT molecular complexity index is 1960. The molecule has 1 unspecified atom stereocenters. The molecule has 3 aliphatic rings. The summed E-state index contributed by atoms with van der Waals surface area (Å²) in [5, 5.41) is 13.7. The predicted octanol–water partition coefficient (Wildman–Crippen LogP) is 5.50. The molecular formula is C34H38F2N8O3S. The molecule has 0 aliphatic carbocycles. The molecular weight excluding hydrogens is 638 g/mol. The van der Waals surface area contributed by atoms with E-state index in [1.165, 1.54) is 12.1 Å². The first-order valence-corrected chi connectivity index (χ1v) is 17.1. The van der Waals surface area contributed by atoms with Gasteiger partial charge in [-0.05, 0) is 71.3 Å². The number of carbonyl (C=O) groups excluding carboxylic acids is 1. The fraction of sp³-hybridized carbons (Fsp3) is 0.471. The van der Waals surface area contributed by atoms with Gasteiger partial charge in [-0.15, -0.1) is 11.3 Å². The van der Waals surface area contributed by atoms with E-state index in [0.29, 0.717) is 48.6 Å². The molecule has 2 amide bonds. The Hall–Kier alpha value is -4.48. The average molecular weight is 677 g/mol. The Balaban J connectivity index is 1.39. The van der Waals surface area contributed by atoms with Crippen molar-refractivity contribution in [2.45, 2.75) is 64.3 Å². The molecule has 2 aromatic carbocycles. The molecule has 2 aromatic heterocycles. The van der Waals surface area contributed by atoms with Gasteiger partial charge in [-0.25, -0.2) is 13.6 Å². The lowest BCUT2D eigenvalue weighted by atomic mass is 9.96. The van der Waals surface area contributed by atoms with E-state index in [9.17, 15) is 14.4 Å². The maximum atomic E-state index is 17.1. The number of nitrogens with one attached hydrogen (secondary N) is 1. The van der Waals surface area contributed by atoms with Gasteiger partial charge in [0.1, 0.15) is 46.7 Å².